The van der Waals surface area contributed by atoms with Gasteiger partial charge in [-0.15, -0.1) is 11.8 Å². The Balaban J connectivity index is 1.60. The molecule has 0 saturated heterocycles. The molecule has 0 radical (unpaired) electrons. The highest BCUT2D eigenvalue weighted by molar-refractivity contribution is 8.01. The number of ether oxygens (including phenoxy) is 1. The van der Waals surface area contributed by atoms with Crippen molar-refractivity contribution in [1.29, 1.82) is 0 Å². The Kier molecular flexibility index (Phi) is 4.68. The zero-order valence-corrected chi connectivity index (χ0v) is 13.4. The van der Waals surface area contributed by atoms with Gasteiger partial charge in [0.25, 0.3) is 0 Å². The molecular weight excluding hydrogens is 294 g/mol. The minimum atomic E-state index is -0.0309. The van der Waals surface area contributed by atoms with Crippen molar-refractivity contribution < 1.29 is 9.53 Å². The number of carbonyl (C=O) groups excluding carboxylic acids is 1. The van der Waals surface area contributed by atoms with Crippen LogP contribution in [0.1, 0.15) is 18.1 Å². The number of amides is 1. The van der Waals surface area contributed by atoms with Crippen LogP contribution in [0.25, 0.3) is 0 Å². The molecule has 1 heterocycles. The second kappa shape index (κ2) is 6.88. The Bertz CT molecular complexity index is 647. The molecule has 3 rings (SSSR count). The fraction of sp³-hybridized carbons (Fsp3) is 0.278. The molecule has 1 amide bonds. The van der Waals surface area contributed by atoms with E-state index in [-0.39, 0.29) is 11.2 Å². The summed E-state index contributed by atoms with van der Waals surface area (Å²) >= 11 is 1.65. The van der Waals surface area contributed by atoms with Crippen LogP contribution >= 0.6 is 11.8 Å². The number of nitrogens with one attached hydrogen (secondary N) is 1. The van der Waals surface area contributed by atoms with Crippen LogP contribution in [0.15, 0.2) is 53.4 Å². The van der Waals surface area contributed by atoms with Crippen molar-refractivity contribution >= 4 is 17.7 Å². The zero-order valence-electron chi connectivity index (χ0n) is 12.5. The highest BCUT2D eigenvalue weighted by Gasteiger charge is 2.27. The van der Waals surface area contributed by atoms with Gasteiger partial charge in [0, 0.05) is 17.0 Å². The standard InChI is InChI=1S/C18H19NO2S/c1-2-21-15-9-5-3-8-14(15)12-19-18(20)17-11-13-7-4-6-10-16(13)22-17/h3-10,17H,2,11-12H2,1H3,(H,19,20). The fourth-order valence-corrected chi connectivity index (χ4v) is 3.79. The molecule has 2 aromatic rings. The van der Waals surface area contributed by atoms with Crippen LogP contribution in [0.4, 0.5) is 0 Å². The van der Waals surface area contributed by atoms with Gasteiger partial charge in [0.05, 0.1) is 11.9 Å². The number of carbonyl (C=O) groups is 1. The number of hydrogen-bond acceptors (Lipinski definition) is 3. The molecule has 0 aromatic heterocycles. The first-order chi connectivity index (χ1) is 10.8. The Labute approximate surface area is 135 Å². The van der Waals surface area contributed by atoms with Crippen molar-refractivity contribution in [1.82, 2.24) is 5.32 Å². The van der Waals surface area contributed by atoms with Crippen LogP contribution in [0, 0.1) is 0 Å². The lowest BCUT2D eigenvalue weighted by atomic mass is 10.1. The summed E-state index contributed by atoms with van der Waals surface area (Å²) in [7, 11) is 0. The maximum Gasteiger partial charge on any atom is 0.234 e. The van der Waals surface area contributed by atoms with E-state index in [1.807, 2.05) is 43.3 Å². The van der Waals surface area contributed by atoms with Gasteiger partial charge in [0.2, 0.25) is 5.91 Å². The maximum atomic E-state index is 12.4. The lowest BCUT2D eigenvalue weighted by molar-refractivity contribution is -0.120. The van der Waals surface area contributed by atoms with Crippen molar-refractivity contribution in [3.05, 3.63) is 59.7 Å². The average Bonchev–Trinajstić information content (AvgIpc) is 2.98. The van der Waals surface area contributed by atoms with E-state index in [0.717, 1.165) is 17.7 Å². The summed E-state index contributed by atoms with van der Waals surface area (Å²) in [6, 6.07) is 16.1. The van der Waals surface area contributed by atoms with Crippen LogP contribution in [-0.4, -0.2) is 17.8 Å². The second-order valence-corrected chi connectivity index (χ2v) is 6.42. The van der Waals surface area contributed by atoms with Gasteiger partial charge < -0.3 is 10.1 Å². The first-order valence-electron chi connectivity index (χ1n) is 7.51. The zero-order chi connectivity index (χ0) is 15.4. The summed E-state index contributed by atoms with van der Waals surface area (Å²) in [5.74, 6) is 0.931. The number of hydrogen-bond donors (Lipinski definition) is 1. The molecule has 1 atom stereocenters. The molecule has 1 aliphatic heterocycles. The quantitative estimate of drug-likeness (QED) is 0.919. The molecule has 22 heavy (non-hydrogen) atoms. The minimum Gasteiger partial charge on any atom is -0.494 e. The average molecular weight is 313 g/mol. The van der Waals surface area contributed by atoms with Crippen LogP contribution in [0.5, 0.6) is 5.75 Å². The molecule has 1 unspecified atom stereocenters. The summed E-state index contributed by atoms with van der Waals surface area (Å²) in [5, 5.41) is 3.00. The van der Waals surface area contributed by atoms with Crippen LogP contribution in [0.2, 0.25) is 0 Å². The molecule has 0 spiro atoms. The van der Waals surface area contributed by atoms with E-state index in [2.05, 4.69) is 17.4 Å². The lowest BCUT2D eigenvalue weighted by Crippen LogP contribution is -2.32. The Hall–Kier alpha value is -1.94. The van der Waals surface area contributed by atoms with Gasteiger partial charge in [-0.25, -0.2) is 0 Å². The third kappa shape index (κ3) is 3.28. The number of benzene rings is 2. The molecule has 0 fully saturated rings. The van der Waals surface area contributed by atoms with E-state index in [4.69, 9.17) is 4.74 Å². The van der Waals surface area contributed by atoms with Gasteiger partial charge in [-0.1, -0.05) is 36.4 Å². The summed E-state index contributed by atoms with van der Waals surface area (Å²) in [6.45, 7) is 3.09. The molecule has 2 aromatic carbocycles. The number of para-hydroxylation sites is 1. The van der Waals surface area contributed by atoms with E-state index in [9.17, 15) is 4.79 Å². The maximum absolute atomic E-state index is 12.4. The molecule has 1 aliphatic rings. The number of rotatable bonds is 5. The highest BCUT2D eigenvalue weighted by atomic mass is 32.2. The Morgan fingerprint density at radius 3 is 2.82 bits per heavy atom. The largest absolute Gasteiger partial charge is 0.494 e. The van der Waals surface area contributed by atoms with E-state index in [0.29, 0.717) is 13.2 Å². The van der Waals surface area contributed by atoms with Crippen molar-refractivity contribution in [3.63, 3.8) is 0 Å². The van der Waals surface area contributed by atoms with Gasteiger partial charge in [-0.05, 0) is 31.0 Å². The highest BCUT2D eigenvalue weighted by Crippen LogP contribution is 2.36. The van der Waals surface area contributed by atoms with Gasteiger partial charge in [0.15, 0.2) is 0 Å². The normalized spacial score (nSPS) is 16.1. The smallest absolute Gasteiger partial charge is 0.234 e. The predicted molar refractivity (Wildman–Crippen MR) is 89.2 cm³/mol. The Morgan fingerprint density at radius 1 is 1.23 bits per heavy atom. The first-order valence-corrected chi connectivity index (χ1v) is 8.39. The first kappa shape index (κ1) is 15.0. The molecule has 0 bridgehead atoms. The Morgan fingerprint density at radius 2 is 2.00 bits per heavy atom. The van der Waals surface area contributed by atoms with Gasteiger partial charge in [-0.2, -0.15) is 0 Å². The van der Waals surface area contributed by atoms with Crippen molar-refractivity contribution in [3.8, 4) is 5.75 Å². The molecule has 4 heteroatoms. The summed E-state index contributed by atoms with van der Waals surface area (Å²) in [4.78, 5) is 13.6. The molecule has 0 aliphatic carbocycles. The third-order valence-electron chi connectivity index (χ3n) is 3.67. The monoisotopic (exact) mass is 313 g/mol. The van der Waals surface area contributed by atoms with E-state index < -0.39 is 0 Å². The van der Waals surface area contributed by atoms with Crippen molar-refractivity contribution in [2.24, 2.45) is 0 Å². The SMILES string of the molecule is CCOc1ccccc1CNC(=O)C1Cc2ccccc2S1. The van der Waals surface area contributed by atoms with Gasteiger partial charge >= 0.3 is 0 Å². The van der Waals surface area contributed by atoms with E-state index in [1.54, 1.807) is 11.8 Å². The molecular formula is C18H19NO2S. The third-order valence-corrected chi connectivity index (χ3v) is 4.98. The van der Waals surface area contributed by atoms with Crippen molar-refractivity contribution in [2.75, 3.05) is 6.61 Å². The van der Waals surface area contributed by atoms with Gasteiger partial charge in [-0.3, -0.25) is 4.79 Å². The number of thioether (sulfide) groups is 1. The molecule has 1 N–H and O–H groups in total. The topological polar surface area (TPSA) is 38.3 Å². The minimum absolute atomic E-state index is 0.0309. The summed E-state index contributed by atoms with van der Waals surface area (Å²) < 4.78 is 5.59. The molecule has 0 saturated carbocycles. The second-order valence-electron chi connectivity index (χ2n) is 5.18. The van der Waals surface area contributed by atoms with E-state index in [1.165, 1.54) is 10.5 Å². The summed E-state index contributed by atoms with van der Waals surface area (Å²) in [5.41, 5.74) is 2.28. The van der Waals surface area contributed by atoms with Crippen LogP contribution < -0.4 is 10.1 Å². The molecule has 3 nitrogen and oxygen atoms in total. The van der Waals surface area contributed by atoms with Crippen LogP contribution in [0.3, 0.4) is 0 Å². The molecule has 114 valence electrons. The van der Waals surface area contributed by atoms with E-state index >= 15 is 0 Å². The van der Waals surface area contributed by atoms with Crippen LogP contribution in [-0.2, 0) is 17.8 Å². The predicted octanol–water partition coefficient (Wildman–Crippen LogP) is 3.42. The fourth-order valence-electron chi connectivity index (χ4n) is 2.57. The van der Waals surface area contributed by atoms with Gasteiger partial charge in [0.1, 0.15) is 5.75 Å². The number of fused-ring (bicyclic) bond motifs is 1. The van der Waals surface area contributed by atoms with Crippen molar-refractivity contribution in [2.45, 2.75) is 30.0 Å². The lowest BCUT2D eigenvalue weighted by Gasteiger charge is -2.13. The summed E-state index contributed by atoms with van der Waals surface area (Å²) in [6.07, 6.45) is 0.805.